The highest BCUT2D eigenvalue weighted by atomic mass is 28.5. The van der Waals surface area contributed by atoms with Crippen molar-refractivity contribution < 1.29 is 39.3 Å². The molecule has 46 heavy (non-hydrogen) atoms. The maximum atomic E-state index is 10.5. The zero-order valence-corrected chi connectivity index (χ0v) is 41.4. The molecule has 17 heteroatoms. The molecular formula is C29H76O9Si8. The van der Waals surface area contributed by atoms with Crippen LogP contribution in [0.4, 0.5) is 0 Å². The Hall–Kier alpha value is 1.38. The van der Waals surface area contributed by atoms with Crippen LogP contribution in [0.5, 0.6) is 0 Å². The fourth-order valence-corrected chi connectivity index (χ4v) is 34.3. The van der Waals surface area contributed by atoms with Crippen molar-refractivity contribution in [2.45, 2.75) is 162 Å². The second-order valence-corrected chi connectivity index (χ2v) is 52.3. The molecule has 0 bridgehead atoms. The molecule has 0 aromatic carbocycles. The van der Waals surface area contributed by atoms with E-state index < -0.39 is 73.6 Å². The zero-order chi connectivity index (χ0) is 36.3. The van der Waals surface area contributed by atoms with Crippen molar-refractivity contribution >= 4 is 67.5 Å². The van der Waals surface area contributed by atoms with Gasteiger partial charge in [-0.1, -0.05) is 0 Å². The van der Waals surface area contributed by atoms with Gasteiger partial charge in [-0.2, -0.15) is 0 Å². The number of hydrogen-bond acceptors (Lipinski definition) is 9. The molecule has 0 rings (SSSR count). The molecule has 278 valence electrons. The van der Waals surface area contributed by atoms with Crippen LogP contribution in [0.3, 0.4) is 0 Å². The largest absolute Gasteiger partial charge is 0.469 e. The minimum atomic E-state index is -2.82. The quantitative estimate of drug-likeness (QED) is 0.0681. The summed E-state index contributed by atoms with van der Waals surface area (Å²) in [6, 6.07) is 1.61. The summed E-state index contributed by atoms with van der Waals surface area (Å²) < 4.78 is 52.3. The summed E-state index contributed by atoms with van der Waals surface area (Å²) in [5.41, 5.74) is 0. The molecule has 1 N–H and O–H groups in total. The Morgan fingerprint density at radius 3 is 0.783 bits per heavy atom. The first-order chi connectivity index (χ1) is 20.3. The van der Waals surface area contributed by atoms with E-state index in [9.17, 15) is 5.11 Å². The second-order valence-electron chi connectivity index (χ2n) is 18.4. The molecule has 0 amide bonds. The molecule has 0 saturated carbocycles. The van der Waals surface area contributed by atoms with E-state index in [0.717, 1.165) is 37.8 Å². The van der Waals surface area contributed by atoms with Gasteiger partial charge in [-0.15, -0.1) is 0 Å². The monoisotopic (exact) mass is 792 g/mol. The fraction of sp³-hybridized carbons (Fsp3) is 1.00. The van der Waals surface area contributed by atoms with Crippen molar-refractivity contribution in [3.8, 4) is 0 Å². The Bertz CT molecular complexity index is 693. The van der Waals surface area contributed by atoms with Crippen molar-refractivity contribution in [2.24, 2.45) is 0 Å². The van der Waals surface area contributed by atoms with Gasteiger partial charge < -0.3 is 39.3 Å². The maximum Gasteiger partial charge on any atom is 0.469 e. The molecule has 0 aliphatic heterocycles. The molecule has 9 nitrogen and oxygen atoms in total. The Balaban J connectivity index is 4.79. The second kappa shape index (κ2) is 19.3. The molecule has 0 atom stereocenters. The average Bonchev–Trinajstić information content (AvgIpc) is 2.70. The smallest absolute Gasteiger partial charge is 0.417 e. The number of rotatable bonds is 26. The van der Waals surface area contributed by atoms with E-state index in [1.54, 1.807) is 0 Å². The highest BCUT2D eigenvalue weighted by Crippen LogP contribution is 2.32. The van der Waals surface area contributed by atoms with E-state index in [0.29, 0.717) is 13.2 Å². The SMILES string of the molecule is C[Si](C)(C)O[Si](CCCCOCC(O)COCCCC[Si](O[Si](C)(C)C)(O[Si](C)(C)C)O[Si](C)(C)C)(O[Si](C)(C)C)O[Si](C)(C)C. The van der Waals surface area contributed by atoms with Crippen LogP contribution in [0, 0.1) is 0 Å². The lowest BCUT2D eigenvalue weighted by Crippen LogP contribution is -2.60. The number of hydrogen-bond donors (Lipinski definition) is 1. The van der Waals surface area contributed by atoms with Crippen molar-refractivity contribution in [2.75, 3.05) is 26.4 Å². The highest BCUT2D eigenvalue weighted by Gasteiger charge is 2.50. The van der Waals surface area contributed by atoms with Crippen LogP contribution < -0.4 is 0 Å². The summed E-state index contributed by atoms with van der Waals surface area (Å²) in [6.45, 7) is 41.5. The van der Waals surface area contributed by atoms with Gasteiger partial charge in [0.1, 0.15) is 6.10 Å². The molecule has 0 heterocycles. The minimum absolute atomic E-state index is 0.263. The van der Waals surface area contributed by atoms with E-state index in [2.05, 4.69) is 118 Å². The van der Waals surface area contributed by atoms with E-state index >= 15 is 0 Å². The normalized spacial score (nSPS) is 14.9. The maximum absolute atomic E-state index is 10.5. The molecule has 0 aliphatic carbocycles. The van der Waals surface area contributed by atoms with Crippen molar-refractivity contribution in [3.05, 3.63) is 0 Å². The first kappa shape index (κ1) is 47.4. The fourth-order valence-electron chi connectivity index (χ4n) is 4.81. The lowest BCUT2D eigenvalue weighted by atomic mass is 10.3. The number of aliphatic hydroxyl groups excluding tert-OH is 1. The van der Waals surface area contributed by atoms with Gasteiger partial charge in [0.25, 0.3) is 0 Å². The summed E-state index contributed by atoms with van der Waals surface area (Å²) in [7, 11) is -16.9. The predicted octanol–water partition coefficient (Wildman–Crippen LogP) is 8.93. The third kappa shape index (κ3) is 27.1. The summed E-state index contributed by atoms with van der Waals surface area (Å²) >= 11 is 0. The first-order valence-electron chi connectivity index (χ1n) is 17.4. The van der Waals surface area contributed by atoms with Crippen LogP contribution in [0.15, 0.2) is 0 Å². The van der Waals surface area contributed by atoms with Gasteiger partial charge in [-0.05, 0) is 144 Å². The molecule has 0 radical (unpaired) electrons. The summed E-state index contributed by atoms with van der Waals surface area (Å²) in [6.07, 6.45) is 2.90. The molecule has 0 unspecified atom stereocenters. The van der Waals surface area contributed by atoms with Crippen LogP contribution in [-0.4, -0.2) is 105 Å². The molecule has 0 fully saturated rings. The molecule has 0 spiro atoms. The molecular weight excluding hydrogens is 717 g/mol. The zero-order valence-electron chi connectivity index (χ0n) is 33.4. The Kier molecular flexibility index (Phi) is 19.9. The third-order valence-corrected chi connectivity index (χ3v) is 29.5. The number of unbranched alkanes of at least 4 members (excludes halogenated alkanes) is 2. The van der Waals surface area contributed by atoms with Crippen molar-refractivity contribution in [1.29, 1.82) is 0 Å². The lowest BCUT2D eigenvalue weighted by molar-refractivity contribution is -0.0198. The van der Waals surface area contributed by atoms with E-state index in [-0.39, 0.29) is 13.2 Å². The van der Waals surface area contributed by atoms with E-state index in [4.69, 9.17) is 34.2 Å². The third-order valence-electron chi connectivity index (χ3n) is 5.43. The van der Waals surface area contributed by atoms with Crippen LogP contribution in [-0.2, 0) is 34.2 Å². The Morgan fingerprint density at radius 2 is 0.587 bits per heavy atom. The number of ether oxygens (including phenoxy) is 2. The van der Waals surface area contributed by atoms with Gasteiger partial charge in [-0.3, -0.25) is 0 Å². The van der Waals surface area contributed by atoms with Gasteiger partial charge in [0.15, 0.2) is 49.9 Å². The van der Waals surface area contributed by atoms with Gasteiger partial charge in [0, 0.05) is 25.3 Å². The van der Waals surface area contributed by atoms with Crippen LogP contribution in [0.1, 0.15) is 25.7 Å². The Labute approximate surface area is 293 Å². The van der Waals surface area contributed by atoms with Crippen LogP contribution in [0.25, 0.3) is 0 Å². The van der Waals surface area contributed by atoms with Crippen molar-refractivity contribution in [3.63, 3.8) is 0 Å². The number of aliphatic hydroxyl groups is 1. The van der Waals surface area contributed by atoms with Crippen LogP contribution >= 0.6 is 0 Å². The lowest BCUT2D eigenvalue weighted by Gasteiger charge is -2.43. The summed E-state index contributed by atoms with van der Waals surface area (Å²) in [5, 5.41) is 10.5. The Morgan fingerprint density at radius 1 is 0.370 bits per heavy atom. The van der Waals surface area contributed by atoms with E-state index in [1.807, 2.05) is 0 Å². The van der Waals surface area contributed by atoms with Gasteiger partial charge in [0.05, 0.1) is 13.2 Å². The summed E-state index contributed by atoms with van der Waals surface area (Å²) in [5.74, 6) is 0. The average molecular weight is 794 g/mol. The van der Waals surface area contributed by atoms with Crippen molar-refractivity contribution in [1.82, 2.24) is 0 Å². The molecule has 0 aliphatic rings. The minimum Gasteiger partial charge on any atom is -0.417 e. The molecule has 0 aromatic rings. The van der Waals surface area contributed by atoms with E-state index in [1.165, 1.54) is 0 Å². The molecule has 0 aromatic heterocycles. The summed E-state index contributed by atoms with van der Waals surface area (Å²) in [4.78, 5) is 0. The van der Waals surface area contributed by atoms with Gasteiger partial charge >= 0.3 is 17.6 Å². The topological polar surface area (TPSA) is 94.1 Å². The predicted molar refractivity (Wildman–Crippen MR) is 214 cm³/mol. The molecule has 0 saturated heterocycles. The van der Waals surface area contributed by atoms with Gasteiger partial charge in [-0.25, -0.2) is 0 Å². The standard InChI is InChI=1S/C29H76O9Si8/c1-39(2,3)33-45(34-40(4,5)6,35-41(7,8)9)25-21-19-23-31-27-29(30)28-32-24-20-22-26-46(36-42(10,11)12,37-43(13,14)15)38-44(16,17)18/h29-30H,19-28H2,1-18H3. The highest BCUT2D eigenvalue weighted by molar-refractivity contribution is 6.91. The van der Waals surface area contributed by atoms with Gasteiger partial charge in [0.2, 0.25) is 0 Å². The van der Waals surface area contributed by atoms with Crippen LogP contribution in [0.2, 0.25) is 130 Å². The first-order valence-corrected chi connectivity index (χ1v) is 41.7.